The van der Waals surface area contributed by atoms with Gasteiger partial charge in [0.25, 0.3) is 0 Å². The van der Waals surface area contributed by atoms with E-state index in [0.717, 1.165) is 5.56 Å². The molecule has 5 nitrogen and oxygen atoms in total. The fourth-order valence-corrected chi connectivity index (χ4v) is 1.55. The monoisotopic (exact) mass is 269 g/mol. The van der Waals surface area contributed by atoms with Crippen molar-refractivity contribution in [2.75, 3.05) is 0 Å². The predicted octanol–water partition coefficient (Wildman–Crippen LogP) is 2.83. The topological polar surface area (TPSA) is 87.0 Å². The molecule has 0 heterocycles. The third kappa shape index (κ3) is 3.29. The summed E-state index contributed by atoms with van der Waals surface area (Å²) < 4.78 is 0. The number of rotatable bonds is 4. The quantitative estimate of drug-likeness (QED) is 0.835. The van der Waals surface area contributed by atoms with Crippen molar-refractivity contribution in [2.45, 2.75) is 0 Å². The summed E-state index contributed by atoms with van der Waals surface area (Å²) in [4.78, 5) is 25.6. The number of carboxylic acids is 2. The molecule has 0 saturated carbocycles. The highest BCUT2D eigenvalue weighted by molar-refractivity contribution is 5.90. The summed E-state index contributed by atoms with van der Waals surface area (Å²) in [6.45, 7) is 0. The minimum atomic E-state index is -0.982. The van der Waals surface area contributed by atoms with Crippen molar-refractivity contribution < 1.29 is 19.8 Å². The van der Waals surface area contributed by atoms with Gasteiger partial charge in [-0.15, -0.1) is 0 Å². The molecule has 0 bridgehead atoms. The van der Waals surface area contributed by atoms with Crippen molar-refractivity contribution in [1.82, 2.24) is 0 Å². The van der Waals surface area contributed by atoms with Crippen LogP contribution in [0.2, 0.25) is 0 Å². The Labute approximate surface area is 114 Å². The van der Waals surface area contributed by atoms with E-state index in [-0.39, 0.29) is 11.1 Å². The number of carboxylic acid groups (broad SMARTS) is 2. The van der Waals surface area contributed by atoms with Crippen LogP contribution in [0.5, 0.6) is 0 Å². The van der Waals surface area contributed by atoms with Gasteiger partial charge < -0.3 is 10.2 Å². The molecule has 0 spiro atoms. The second kappa shape index (κ2) is 5.79. The number of benzene rings is 2. The Bertz CT molecular complexity index is 598. The molecule has 0 aliphatic carbocycles. The van der Waals surface area contributed by atoms with E-state index in [4.69, 9.17) is 10.2 Å². The smallest absolute Gasteiger partial charge is 0.335 e. The summed E-state index contributed by atoms with van der Waals surface area (Å²) in [5.74, 6) is -1.96. The number of carbonyl (C=O) groups is 2. The molecule has 0 fully saturated rings. The molecule has 5 heteroatoms. The highest BCUT2D eigenvalue weighted by Crippen LogP contribution is 2.13. The Balaban J connectivity index is 2.12. The van der Waals surface area contributed by atoms with Gasteiger partial charge in [-0.3, -0.25) is 4.99 Å². The van der Waals surface area contributed by atoms with E-state index in [9.17, 15) is 9.59 Å². The van der Waals surface area contributed by atoms with Gasteiger partial charge in [0.15, 0.2) is 0 Å². The minimum Gasteiger partial charge on any atom is -0.478 e. The largest absolute Gasteiger partial charge is 0.478 e. The van der Waals surface area contributed by atoms with E-state index in [1.54, 1.807) is 30.5 Å². The number of hydrogen-bond donors (Lipinski definition) is 2. The number of nitrogens with zero attached hydrogens (tertiary/aromatic N) is 1. The molecule has 0 saturated heterocycles. The van der Waals surface area contributed by atoms with Crippen LogP contribution in [0.25, 0.3) is 0 Å². The van der Waals surface area contributed by atoms with Crippen LogP contribution >= 0.6 is 0 Å². The van der Waals surface area contributed by atoms with Crippen molar-refractivity contribution in [3.63, 3.8) is 0 Å². The summed E-state index contributed by atoms with van der Waals surface area (Å²) in [6.07, 6.45) is 1.58. The van der Waals surface area contributed by atoms with Crippen LogP contribution < -0.4 is 0 Å². The number of aromatic carboxylic acids is 2. The Morgan fingerprint density at radius 1 is 0.800 bits per heavy atom. The third-order valence-electron chi connectivity index (χ3n) is 2.63. The Morgan fingerprint density at radius 2 is 1.25 bits per heavy atom. The fourth-order valence-electron chi connectivity index (χ4n) is 1.55. The third-order valence-corrected chi connectivity index (χ3v) is 2.63. The van der Waals surface area contributed by atoms with Crippen LogP contribution in [0.15, 0.2) is 53.5 Å². The first kappa shape index (κ1) is 13.5. The van der Waals surface area contributed by atoms with Gasteiger partial charge in [0, 0.05) is 6.21 Å². The number of hydrogen-bond acceptors (Lipinski definition) is 3. The van der Waals surface area contributed by atoms with E-state index in [0.29, 0.717) is 5.69 Å². The van der Waals surface area contributed by atoms with Crippen LogP contribution in [0, 0.1) is 0 Å². The molecule has 2 aromatic carbocycles. The van der Waals surface area contributed by atoms with Gasteiger partial charge in [-0.25, -0.2) is 9.59 Å². The van der Waals surface area contributed by atoms with Crippen LogP contribution in [-0.4, -0.2) is 28.4 Å². The summed E-state index contributed by atoms with van der Waals surface area (Å²) >= 11 is 0. The molecule has 100 valence electrons. The first-order valence-corrected chi connectivity index (χ1v) is 5.77. The first-order chi connectivity index (χ1) is 9.56. The lowest BCUT2D eigenvalue weighted by Gasteiger charge is -1.97. The molecule has 2 aromatic rings. The van der Waals surface area contributed by atoms with Crippen molar-refractivity contribution >= 4 is 23.8 Å². The van der Waals surface area contributed by atoms with E-state index in [1.165, 1.54) is 24.3 Å². The molecule has 0 aromatic heterocycles. The first-order valence-electron chi connectivity index (χ1n) is 5.77. The van der Waals surface area contributed by atoms with Crippen molar-refractivity contribution in [2.24, 2.45) is 4.99 Å². The minimum absolute atomic E-state index is 0.203. The Hall–Kier alpha value is -2.95. The molecule has 0 aliphatic rings. The van der Waals surface area contributed by atoms with E-state index < -0.39 is 11.9 Å². The van der Waals surface area contributed by atoms with E-state index >= 15 is 0 Å². The lowest BCUT2D eigenvalue weighted by molar-refractivity contribution is 0.0686. The second-order valence-corrected chi connectivity index (χ2v) is 4.04. The molecule has 0 atom stereocenters. The normalized spacial score (nSPS) is 10.6. The molecule has 0 unspecified atom stereocenters. The maximum Gasteiger partial charge on any atom is 0.335 e. The molecule has 2 rings (SSSR count). The molecule has 2 N–H and O–H groups in total. The average molecular weight is 269 g/mol. The van der Waals surface area contributed by atoms with Crippen molar-refractivity contribution in [1.29, 1.82) is 0 Å². The molecule has 20 heavy (non-hydrogen) atoms. The van der Waals surface area contributed by atoms with Crippen molar-refractivity contribution in [3.8, 4) is 0 Å². The highest BCUT2D eigenvalue weighted by Gasteiger charge is 2.01. The molecular formula is C15H11NO4. The zero-order valence-electron chi connectivity index (χ0n) is 10.4. The maximum absolute atomic E-state index is 10.7. The SMILES string of the molecule is O=C(O)c1ccc(C=Nc2ccc(C(=O)O)cc2)cc1. The Morgan fingerprint density at radius 3 is 1.70 bits per heavy atom. The highest BCUT2D eigenvalue weighted by atomic mass is 16.4. The van der Waals surface area contributed by atoms with Gasteiger partial charge in [-0.05, 0) is 42.0 Å². The van der Waals surface area contributed by atoms with Gasteiger partial charge in [0.1, 0.15) is 0 Å². The Kier molecular flexibility index (Phi) is 3.91. The molecular weight excluding hydrogens is 258 g/mol. The van der Waals surface area contributed by atoms with Gasteiger partial charge in [-0.1, -0.05) is 12.1 Å². The summed E-state index contributed by atoms with van der Waals surface area (Å²) in [7, 11) is 0. The summed E-state index contributed by atoms with van der Waals surface area (Å²) in [5, 5.41) is 17.5. The second-order valence-electron chi connectivity index (χ2n) is 4.04. The van der Waals surface area contributed by atoms with E-state index in [2.05, 4.69) is 4.99 Å². The van der Waals surface area contributed by atoms with E-state index in [1.807, 2.05) is 0 Å². The summed E-state index contributed by atoms with van der Waals surface area (Å²) in [5.41, 5.74) is 1.80. The zero-order valence-corrected chi connectivity index (χ0v) is 10.4. The zero-order chi connectivity index (χ0) is 14.5. The predicted molar refractivity (Wildman–Crippen MR) is 74.1 cm³/mol. The van der Waals surface area contributed by atoms with Crippen LogP contribution in [-0.2, 0) is 0 Å². The maximum atomic E-state index is 10.7. The fraction of sp³-hybridized carbons (Fsp3) is 0. The van der Waals surface area contributed by atoms with Crippen LogP contribution in [0.1, 0.15) is 26.3 Å². The molecule has 0 amide bonds. The lowest BCUT2D eigenvalue weighted by Crippen LogP contribution is -1.95. The summed E-state index contributed by atoms with van der Waals surface area (Å²) in [6, 6.07) is 12.5. The number of aliphatic imine (C=N–C) groups is 1. The standard InChI is InChI=1S/C15H11NO4/c17-14(18)11-3-1-10(2-4-11)9-16-13-7-5-12(6-8-13)15(19)20/h1-9H,(H,17,18)(H,19,20). The average Bonchev–Trinajstić information content (AvgIpc) is 2.46. The molecule has 0 aliphatic heterocycles. The van der Waals surface area contributed by atoms with Crippen molar-refractivity contribution in [3.05, 3.63) is 65.2 Å². The van der Waals surface area contributed by atoms with Gasteiger partial charge in [-0.2, -0.15) is 0 Å². The molecule has 0 radical (unpaired) electrons. The van der Waals surface area contributed by atoms with Crippen LogP contribution in [0.3, 0.4) is 0 Å². The van der Waals surface area contributed by atoms with Crippen LogP contribution in [0.4, 0.5) is 5.69 Å². The van der Waals surface area contributed by atoms with Gasteiger partial charge in [0.2, 0.25) is 0 Å². The van der Waals surface area contributed by atoms with Gasteiger partial charge >= 0.3 is 11.9 Å². The lowest BCUT2D eigenvalue weighted by atomic mass is 10.1. The van der Waals surface area contributed by atoms with Gasteiger partial charge in [0.05, 0.1) is 16.8 Å².